The molecule has 0 amide bonds. The average molecular weight is 286 g/mol. The molecule has 0 aromatic heterocycles. The van der Waals surface area contributed by atoms with Crippen LogP contribution in [0, 0.1) is 23.4 Å². The summed E-state index contributed by atoms with van der Waals surface area (Å²) in [6, 6.07) is 2.11. The number of piperidine rings is 1. The highest BCUT2D eigenvalue weighted by atomic mass is 19.2. The molecule has 5 heteroatoms. The molecule has 20 heavy (non-hydrogen) atoms. The Morgan fingerprint density at radius 2 is 1.95 bits per heavy atom. The Morgan fingerprint density at radius 1 is 1.30 bits per heavy atom. The summed E-state index contributed by atoms with van der Waals surface area (Å²) in [4.78, 5) is 2.37. The number of rotatable bonds is 4. The van der Waals surface area contributed by atoms with Crippen molar-refractivity contribution in [2.45, 2.75) is 32.7 Å². The Morgan fingerprint density at radius 3 is 2.55 bits per heavy atom. The average Bonchev–Trinajstić information content (AvgIpc) is 2.44. The van der Waals surface area contributed by atoms with Crippen molar-refractivity contribution in [3.63, 3.8) is 0 Å². The minimum atomic E-state index is -1.42. The van der Waals surface area contributed by atoms with Crippen molar-refractivity contribution in [2.24, 2.45) is 5.92 Å². The minimum Gasteiger partial charge on any atom is -0.382 e. The smallest absolute Gasteiger partial charge is 0.194 e. The number of nitrogens with zero attached hydrogens (tertiary/aromatic N) is 1. The summed E-state index contributed by atoms with van der Waals surface area (Å²) < 4.78 is 39.3. The van der Waals surface area contributed by atoms with Crippen molar-refractivity contribution in [3.05, 3.63) is 29.6 Å². The molecule has 0 radical (unpaired) electrons. The minimum absolute atomic E-state index is 0.0913. The molecule has 112 valence electrons. The SMILES string of the molecule is CCN1CCCC(C(C)Nc2cc(F)c(F)c(F)c2)C1. The van der Waals surface area contributed by atoms with Crippen LogP contribution in [-0.2, 0) is 0 Å². The Kier molecular flexibility index (Phi) is 4.91. The molecule has 0 bridgehead atoms. The van der Waals surface area contributed by atoms with Gasteiger partial charge < -0.3 is 10.2 Å². The van der Waals surface area contributed by atoms with E-state index in [4.69, 9.17) is 0 Å². The Bertz CT molecular complexity index is 441. The first-order valence-corrected chi connectivity index (χ1v) is 7.14. The molecular weight excluding hydrogens is 265 g/mol. The molecule has 1 aliphatic rings. The Balaban J connectivity index is 2.02. The third-order valence-corrected chi connectivity index (χ3v) is 4.07. The number of halogens is 3. The molecule has 1 heterocycles. The van der Waals surface area contributed by atoms with Gasteiger partial charge in [-0.2, -0.15) is 0 Å². The first-order valence-electron chi connectivity index (χ1n) is 7.14. The van der Waals surface area contributed by atoms with Crippen LogP contribution in [-0.4, -0.2) is 30.6 Å². The van der Waals surface area contributed by atoms with Gasteiger partial charge >= 0.3 is 0 Å². The zero-order valence-electron chi connectivity index (χ0n) is 11.9. The second kappa shape index (κ2) is 6.48. The lowest BCUT2D eigenvalue weighted by atomic mass is 9.91. The van der Waals surface area contributed by atoms with Gasteiger partial charge in [0.15, 0.2) is 17.5 Å². The molecule has 0 aliphatic carbocycles. The fraction of sp³-hybridized carbons (Fsp3) is 0.600. The predicted octanol–water partition coefficient (Wildman–Crippen LogP) is 3.64. The van der Waals surface area contributed by atoms with Crippen LogP contribution < -0.4 is 5.32 Å². The number of likely N-dealkylation sites (tertiary alicyclic amines) is 1. The monoisotopic (exact) mass is 286 g/mol. The van der Waals surface area contributed by atoms with Gasteiger partial charge in [-0.1, -0.05) is 6.92 Å². The Labute approximate surface area is 118 Å². The van der Waals surface area contributed by atoms with Gasteiger partial charge in [0.1, 0.15) is 0 Å². The summed E-state index contributed by atoms with van der Waals surface area (Å²) in [6.07, 6.45) is 2.23. The van der Waals surface area contributed by atoms with E-state index in [0.29, 0.717) is 11.6 Å². The Hall–Kier alpha value is -1.23. The van der Waals surface area contributed by atoms with Crippen LogP contribution in [0.1, 0.15) is 26.7 Å². The quantitative estimate of drug-likeness (QED) is 0.850. The second-order valence-electron chi connectivity index (χ2n) is 5.48. The molecule has 1 aromatic rings. The lowest BCUT2D eigenvalue weighted by Crippen LogP contribution is -2.41. The molecular formula is C15H21F3N2. The van der Waals surface area contributed by atoms with Crippen LogP contribution in [0.3, 0.4) is 0 Å². The molecule has 2 nitrogen and oxygen atoms in total. The molecule has 1 N–H and O–H groups in total. The van der Waals surface area contributed by atoms with Crippen molar-refractivity contribution in [3.8, 4) is 0 Å². The maximum absolute atomic E-state index is 13.2. The van der Waals surface area contributed by atoms with Crippen LogP contribution in [0.5, 0.6) is 0 Å². The van der Waals surface area contributed by atoms with E-state index < -0.39 is 17.5 Å². The summed E-state index contributed by atoms with van der Waals surface area (Å²) in [6.45, 7) is 7.24. The molecule has 1 aromatic carbocycles. The summed E-state index contributed by atoms with van der Waals surface area (Å²) >= 11 is 0. The molecule has 1 fully saturated rings. The first-order chi connectivity index (χ1) is 9.51. The van der Waals surface area contributed by atoms with E-state index in [1.54, 1.807) is 0 Å². The largest absolute Gasteiger partial charge is 0.382 e. The fourth-order valence-corrected chi connectivity index (χ4v) is 2.81. The van der Waals surface area contributed by atoms with Crippen LogP contribution in [0.15, 0.2) is 12.1 Å². The first kappa shape index (κ1) is 15.2. The van der Waals surface area contributed by atoms with Gasteiger partial charge in [-0.15, -0.1) is 0 Å². The van der Waals surface area contributed by atoms with Gasteiger partial charge in [0.2, 0.25) is 0 Å². The van der Waals surface area contributed by atoms with Crippen molar-refractivity contribution in [1.82, 2.24) is 4.90 Å². The van der Waals surface area contributed by atoms with Gasteiger partial charge in [0, 0.05) is 30.4 Å². The zero-order chi connectivity index (χ0) is 14.7. The van der Waals surface area contributed by atoms with E-state index in [1.165, 1.54) is 0 Å². The highest BCUT2D eigenvalue weighted by molar-refractivity contribution is 5.45. The molecule has 2 atom stereocenters. The topological polar surface area (TPSA) is 15.3 Å². The number of hydrogen-bond donors (Lipinski definition) is 1. The van der Waals surface area contributed by atoms with Gasteiger partial charge in [0.05, 0.1) is 0 Å². The van der Waals surface area contributed by atoms with Crippen LogP contribution in [0.4, 0.5) is 18.9 Å². The van der Waals surface area contributed by atoms with Gasteiger partial charge in [-0.25, -0.2) is 13.2 Å². The van der Waals surface area contributed by atoms with Crippen molar-refractivity contribution in [2.75, 3.05) is 25.0 Å². The van der Waals surface area contributed by atoms with E-state index >= 15 is 0 Å². The molecule has 1 saturated heterocycles. The van der Waals surface area contributed by atoms with Crippen molar-refractivity contribution in [1.29, 1.82) is 0 Å². The van der Waals surface area contributed by atoms with Gasteiger partial charge in [0.25, 0.3) is 0 Å². The third-order valence-electron chi connectivity index (χ3n) is 4.07. The highest BCUT2D eigenvalue weighted by Gasteiger charge is 2.24. The van der Waals surface area contributed by atoms with E-state index in [0.717, 1.165) is 44.6 Å². The predicted molar refractivity (Wildman–Crippen MR) is 74.2 cm³/mol. The number of anilines is 1. The van der Waals surface area contributed by atoms with Gasteiger partial charge in [-0.05, 0) is 38.8 Å². The standard InChI is InChI=1S/C15H21F3N2/c1-3-20-6-4-5-11(9-20)10(2)19-12-7-13(16)15(18)14(17)8-12/h7-8,10-11,19H,3-6,9H2,1-2H3. The van der Waals surface area contributed by atoms with E-state index in [-0.39, 0.29) is 6.04 Å². The number of nitrogens with one attached hydrogen (secondary N) is 1. The summed E-state index contributed by atoms with van der Waals surface area (Å²) in [5.41, 5.74) is 0.294. The second-order valence-corrected chi connectivity index (χ2v) is 5.48. The van der Waals surface area contributed by atoms with Crippen LogP contribution >= 0.6 is 0 Å². The normalized spacial score (nSPS) is 21.8. The summed E-state index contributed by atoms with van der Waals surface area (Å²) in [5.74, 6) is -3.30. The van der Waals surface area contributed by atoms with E-state index in [9.17, 15) is 13.2 Å². The zero-order valence-corrected chi connectivity index (χ0v) is 11.9. The van der Waals surface area contributed by atoms with Crippen LogP contribution in [0.2, 0.25) is 0 Å². The summed E-state index contributed by atoms with van der Waals surface area (Å²) in [5, 5.41) is 3.09. The van der Waals surface area contributed by atoms with Crippen molar-refractivity contribution < 1.29 is 13.2 Å². The molecule has 2 rings (SSSR count). The van der Waals surface area contributed by atoms with E-state index in [1.807, 2.05) is 6.92 Å². The van der Waals surface area contributed by atoms with Crippen molar-refractivity contribution >= 4 is 5.69 Å². The lowest BCUT2D eigenvalue weighted by Gasteiger charge is -2.35. The molecule has 0 spiro atoms. The van der Waals surface area contributed by atoms with E-state index in [2.05, 4.69) is 17.1 Å². The number of hydrogen-bond acceptors (Lipinski definition) is 2. The highest BCUT2D eigenvalue weighted by Crippen LogP contribution is 2.24. The third kappa shape index (κ3) is 3.45. The maximum Gasteiger partial charge on any atom is 0.194 e. The summed E-state index contributed by atoms with van der Waals surface area (Å²) in [7, 11) is 0. The van der Waals surface area contributed by atoms with Crippen LogP contribution in [0.25, 0.3) is 0 Å². The number of benzene rings is 1. The maximum atomic E-state index is 13.2. The molecule has 1 aliphatic heterocycles. The molecule has 0 saturated carbocycles. The molecule has 2 unspecified atom stereocenters. The lowest BCUT2D eigenvalue weighted by molar-refractivity contribution is 0.172. The fourth-order valence-electron chi connectivity index (χ4n) is 2.81. The van der Waals surface area contributed by atoms with Gasteiger partial charge in [-0.3, -0.25) is 0 Å².